The average molecular weight is 239 g/mol. The molecule has 1 atom stereocenters. The minimum absolute atomic E-state index is 0.0175. The summed E-state index contributed by atoms with van der Waals surface area (Å²) in [7, 11) is -0.653. The highest BCUT2D eigenvalue weighted by Gasteiger charge is 2.19. The van der Waals surface area contributed by atoms with Crippen LogP contribution in [-0.4, -0.2) is 33.8 Å². The van der Waals surface area contributed by atoms with Crippen molar-refractivity contribution in [3.05, 3.63) is 23.9 Å². The van der Waals surface area contributed by atoms with Gasteiger partial charge in [0.05, 0.1) is 0 Å². The number of hydrogen-bond donors (Lipinski definition) is 1. The highest BCUT2D eigenvalue weighted by molar-refractivity contribution is 7.85. The van der Waals surface area contributed by atoms with E-state index in [1.54, 1.807) is 6.20 Å². The number of pyridine rings is 1. The van der Waals surface area contributed by atoms with E-state index in [2.05, 4.69) is 9.88 Å². The van der Waals surface area contributed by atoms with Crippen LogP contribution in [0.2, 0.25) is 0 Å². The SMILES string of the molecule is C[C@@H](N)c1cccnc1N1CCS(=O)CC1. The lowest BCUT2D eigenvalue weighted by Crippen LogP contribution is -2.39. The first-order valence-electron chi connectivity index (χ1n) is 5.49. The normalized spacial score (nSPS) is 19.8. The molecular weight excluding hydrogens is 222 g/mol. The van der Waals surface area contributed by atoms with E-state index >= 15 is 0 Å². The van der Waals surface area contributed by atoms with Crippen molar-refractivity contribution in [1.29, 1.82) is 0 Å². The van der Waals surface area contributed by atoms with Gasteiger partial charge in [-0.3, -0.25) is 4.21 Å². The Morgan fingerprint density at radius 2 is 2.19 bits per heavy atom. The Bertz CT molecular complexity index is 385. The fraction of sp³-hybridized carbons (Fsp3) is 0.545. The van der Waals surface area contributed by atoms with Gasteiger partial charge in [-0.1, -0.05) is 6.07 Å². The molecule has 0 saturated carbocycles. The smallest absolute Gasteiger partial charge is 0.133 e. The highest BCUT2D eigenvalue weighted by Crippen LogP contribution is 2.23. The van der Waals surface area contributed by atoms with Crippen molar-refractivity contribution < 1.29 is 4.21 Å². The third kappa shape index (κ3) is 2.41. The van der Waals surface area contributed by atoms with Gasteiger partial charge in [0, 0.05) is 53.2 Å². The molecule has 0 unspecified atom stereocenters. The Kier molecular flexibility index (Phi) is 3.56. The van der Waals surface area contributed by atoms with Gasteiger partial charge in [-0.05, 0) is 13.0 Å². The standard InChI is InChI=1S/C11H17N3OS/c1-9(12)10-3-2-4-13-11(10)14-5-7-16(15)8-6-14/h2-4,9H,5-8,12H2,1H3/t9-/m1/s1. The molecule has 88 valence electrons. The summed E-state index contributed by atoms with van der Waals surface area (Å²) in [5.74, 6) is 2.42. The lowest BCUT2D eigenvalue weighted by Gasteiger charge is -2.29. The fourth-order valence-corrected chi connectivity index (χ4v) is 2.93. The average Bonchev–Trinajstić information content (AvgIpc) is 2.30. The zero-order valence-electron chi connectivity index (χ0n) is 9.43. The fourth-order valence-electron chi connectivity index (χ4n) is 1.88. The Balaban J connectivity index is 2.23. The van der Waals surface area contributed by atoms with Gasteiger partial charge < -0.3 is 10.6 Å². The molecule has 0 amide bonds. The summed E-state index contributed by atoms with van der Waals surface area (Å²) in [5, 5.41) is 0. The molecule has 0 spiro atoms. The number of rotatable bonds is 2. The Morgan fingerprint density at radius 1 is 1.50 bits per heavy atom. The van der Waals surface area contributed by atoms with Crippen molar-refractivity contribution in [3.8, 4) is 0 Å². The summed E-state index contributed by atoms with van der Waals surface area (Å²) < 4.78 is 11.3. The maximum absolute atomic E-state index is 11.3. The van der Waals surface area contributed by atoms with E-state index in [4.69, 9.17) is 5.73 Å². The molecule has 2 heterocycles. The third-order valence-corrected chi connectivity index (χ3v) is 4.06. The van der Waals surface area contributed by atoms with E-state index in [-0.39, 0.29) is 6.04 Å². The topological polar surface area (TPSA) is 59.2 Å². The molecule has 2 rings (SSSR count). The molecule has 16 heavy (non-hydrogen) atoms. The quantitative estimate of drug-likeness (QED) is 0.824. The molecule has 1 aliphatic rings. The zero-order chi connectivity index (χ0) is 11.5. The maximum Gasteiger partial charge on any atom is 0.133 e. The highest BCUT2D eigenvalue weighted by atomic mass is 32.2. The summed E-state index contributed by atoms with van der Waals surface area (Å²) in [5.41, 5.74) is 6.99. The molecule has 0 radical (unpaired) electrons. The first kappa shape index (κ1) is 11.5. The molecule has 0 aromatic carbocycles. The first-order chi connectivity index (χ1) is 7.68. The molecule has 1 aliphatic heterocycles. The van der Waals surface area contributed by atoms with Crippen molar-refractivity contribution in [2.45, 2.75) is 13.0 Å². The monoisotopic (exact) mass is 239 g/mol. The predicted molar refractivity (Wildman–Crippen MR) is 66.9 cm³/mol. The van der Waals surface area contributed by atoms with Gasteiger partial charge in [-0.25, -0.2) is 4.98 Å². The minimum Gasteiger partial charge on any atom is -0.355 e. The number of hydrogen-bond acceptors (Lipinski definition) is 4. The van der Waals surface area contributed by atoms with E-state index < -0.39 is 10.8 Å². The predicted octanol–water partition coefficient (Wildman–Crippen LogP) is 0.670. The van der Waals surface area contributed by atoms with Gasteiger partial charge in [0.2, 0.25) is 0 Å². The second-order valence-electron chi connectivity index (χ2n) is 4.04. The van der Waals surface area contributed by atoms with Gasteiger partial charge in [-0.15, -0.1) is 0 Å². The van der Waals surface area contributed by atoms with Crippen molar-refractivity contribution in [3.63, 3.8) is 0 Å². The molecule has 2 N–H and O–H groups in total. The minimum atomic E-state index is -0.653. The number of nitrogens with two attached hydrogens (primary N) is 1. The summed E-state index contributed by atoms with van der Waals surface area (Å²) in [4.78, 5) is 6.58. The van der Waals surface area contributed by atoms with Crippen LogP contribution in [0.4, 0.5) is 5.82 Å². The lowest BCUT2D eigenvalue weighted by molar-refractivity contribution is 0.671. The van der Waals surface area contributed by atoms with Gasteiger partial charge in [-0.2, -0.15) is 0 Å². The van der Waals surface area contributed by atoms with Crippen LogP contribution in [0, 0.1) is 0 Å². The summed E-state index contributed by atoms with van der Waals surface area (Å²) in [6.07, 6.45) is 1.78. The number of aromatic nitrogens is 1. The molecule has 1 saturated heterocycles. The molecule has 0 bridgehead atoms. The number of nitrogens with zero attached hydrogens (tertiary/aromatic N) is 2. The molecular formula is C11H17N3OS. The van der Waals surface area contributed by atoms with Crippen molar-refractivity contribution >= 4 is 16.6 Å². The van der Waals surface area contributed by atoms with Gasteiger partial charge in [0.1, 0.15) is 5.82 Å². The lowest BCUT2D eigenvalue weighted by atomic mass is 10.1. The van der Waals surface area contributed by atoms with E-state index in [1.165, 1.54) is 0 Å². The van der Waals surface area contributed by atoms with Crippen molar-refractivity contribution in [1.82, 2.24) is 4.98 Å². The molecule has 1 fully saturated rings. The van der Waals surface area contributed by atoms with E-state index in [1.807, 2.05) is 19.1 Å². The van der Waals surface area contributed by atoms with Crippen molar-refractivity contribution in [2.24, 2.45) is 5.73 Å². The Morgan fingerprint density at radius 3 is 2.81 bits per heavy atom. The van der Waals surface area contributed by atoms with Crippen LogP contribution in [-0.2, 0) is 10.8 Å². The Hall–Kier alpha value is -0.940. The van der Waals surface area contributed by atoms with Crippen LogP contribution in [0.3, 0.4) is 0 Å². The molecule has 1 aromatic heterocycles. The van der Waals surface area contributed by atoms with Crippen molar-refractivity contribution in [2.75, 3.05) is 29.5 Å². The van der Waals surface area contributed by atoms with Gasteiger partial charge in [0.25, 0.3) is 0 Å². The van der Waals surface area contributed by atoms with Crippen LogP contribution in [0.5, 0.6) is 0 Å². The largest absolute Gasteiger partial charge is 0.355 e. The maximum atomic E-state index is 11.3. The first-order valence-corrected chi connectivity index (χ1v) is 6.97. The van der Waals surface area contributed by atoms with Gasteiger partial charge >= 0.3 is 0 Å². The van der Waals surface area contributed by atoms with Gasteiger partial charge in [0.15, 0.2) is 0 Å². The van der Waals surface area contributed by atoms with Crippen LogP contribution in [0.15, 0.2) is 18.3 Å². The third-order valence-electron chi connectivity index (χ3n) is 2.78. The van der Waals surface area contributed by atoms with Crippen LogP contribution >= 0.6 is 0 Å². The molecule has 1 aromatic rings. The zero-order valence-corrected chi connectivity index (χ0v) is 10.2. The Labute approximate surface area is 98.3 Å². The van der Waals surface area contributed by atoms with E-state index in [0.717, 1.165) is 36.0 Å². The van der Waals surface area contributed by atoms with E-state index in [0.29, 0.717) is 0 Å². The van der Waals surface area contributed by atoms with E-state index in [9.17, 15) is 4.21 Å². The molecule has 0 aliphatic carbocycles. The summed E-state index contributed by atoms with van der Waals surface area (Å²) in [6, 6.07) is 3.90. The van der Waals surface area contributed by atoms with Crippen LogP contribution in [0.1, 0.15) is 18.5 Å². The second kappa shape index (κ2) is 4.93. The molecule has 4 nitrogen and oxygen atoms in total. The molecule has 5 heteroatoms. The van der Waals surface area contributed by atoms with Crippen LogP contribution < -0.4 is 10.6 Å². The number of anilines is 1. The summed E-state index contributed by atoms with van der Waals surface area (Å²) in [6.45, 7) is 3.58. The summed E-state index contributed by atoms with van der Waals surface area (Å²) >= 11 is 0. The second-order valence-corrected chi connectivity index (χ2v) is 5.74. The van der Waals surface area contributed by atoms with Crippen LogP contribution in [0.25, 0.3) is 0 Å².